The summed E-state index contributed by atoms with van der Waals surface area (Å²) in [7, 11) is 1.64. The van der Waals surface area contributed by atoms with E-state index in [0.29, 0.717) is 0 Å². The summed E-state index contributed by atoms with van der Waals surface area (Å²) in [5, 5.41) is 0.934. The second kappa shape index (κ2) is 4.87. The molecule has 2 heterocycles. The Morgan fingerprint density at radius 3 is 2.68 bits per heavy atom. The maximum Gasteiger partial charge on any atom is 0.138 e. The third-order valence-corrected chi connectivity index (χ3v) is 2.80. The number of furan rings is 1. The van der Waals surface area contributed by atoms with Crippen molar-refractivity contribution in [2.24, 2.45) is 0 Å². The molecule has 0 N–H and O–H groups in total. The molecule has 0 atom stereocenters. The van der Waals surface area contributed by atoms with Gasteiger partial charge in [0.1, 0.15) is 17.0 Å². The minimum Gasteiger partial charge on any atom is -0.497 e. The first-order chi connectivity index (χ1) is 9.36. The standard InChI is InChI=1S/C16H11NO2/c1-18-13-5-2-12(3-6-13)4-7-15-14-9-11-19-16(14)8-10-17-15/h2-3,5-6,8-11H,1H3. The van der Waals surface area contributed by atoms with Crippen molar-refractivity contribution >= 4 is 11.0 Å². The number of rotatable bonds is 1. The van der Waals surface area contributed by atoms with E-state index in [1.807, 2.05) is 36.4 Å². The van der Waals surface area contributed by atoms with Crippen LogP contribution in [0.25, 0.3) is 11.0 Å². The van der Waals surface area contributed by atoms with Gasteiger partial charge in [0.2, 0.25) is 0 Å². The highest BCUT2D eigenvalue weighted by atomic mass is 16.5. The van der Waals surface area contributed by atoms with E-state index >= 15 is 0 Å². The van der Waals surface area contributed by atoms with E-state index in [1.165, 1.54) is 0 Å². The quantitative estimate of drug-likeness (QED) is 0.621. The van der Waals surface area contributed by atoms with Gasteiger partial charge in [-0.1, -0.05) is 5.92 Å². The molecule has 0 radical (unpaired) electrons. The number of hydrogen-bond acceptors (Lipinski definition) is 3. The van der Waals surface area contributed by atoms with Crippen LogP contribution in [-0.2, 0) is 0 Å². The molecule has 0 aliphatic rings. The fourth-order valence-electron chi connectivity index (χ4n) is 1.80. The van der Waals surface area contributed by atoms with E-state index in [4.69, 9.17) is 9.15 Å². The lowest BCUT2D eigenvalue weighted by molar-refractivity contribution is 0.415. The lowest BCUT2D eigenvalue weighted by Gasteiger charge is -1.97. The van der Waals surface area contributed by atoms with Crippen molar-refractivity contribution in [3.8, 4) is 17.6 Å². The summed E-state index contributed by atoms with van der Waals surface area (Å²) in [4.78, 5) is 4.27. The average Bonchev–Trinajstić information content (AvgIpc) is 2.94. The van der Waals surface area contributed by atoms with Gasteiger partial charge >= 0.3 is 0 Å². The van der Waals surface area contributed by atoms with Gasteiger partial charge in [-0.15, -0.1) is 0 Å². The van der Waals surface area contributed by atoms with Crippen LogP contribution in [0.15, 0.2) is 53.3 Å². The largest absolute Gasteiger partial charge is 0.497 e. The van der Waals surface area contributed by atoms with Crippen molar-refractivity contribution < 1.29 is 9.15 Å². The Hall–Kier alpha value is -2.73. The lowest BCUT2D eigenvalue weighted by Crippen LogP contribution is -1.83. The fraction of sp³-hybridized carbons (Fsp3) is 0.0625. The molecule has 0 spiro atoms. The van der Waals surface area contributed by atoms with Crippen molar-refractivity contribution in [2.45, 2.75) is 0 Å². The van der Waals surface area contributed by atoms with Gasteiger partial charge in [-0.2, -0.15) is 0 Å². The summed E-state index contributed by atoms with van der Waals surface area (Å²) in [6.45, 7) is 0. The molecule has 0 bridgehead atoms. The van der Waals surface area contributed by atoms with E-state index in [9.17, 15) is 0 Å². The lowest BCUT2D eigenvalue weighted by atomic mass is 10.2. The highest BCUT2D eigenvalue weighted by Crippen LogP contribution is 2.17. The number of pyridine rings is 1. The Morgan fingerprint density at radius 1 is 1.05 bits per heavy atom. The molecule has 0 saturated heterocycles. The van der Waals surface area contributed by atoms with Crippen LogP contribution in [0.5, 0.6) is 5.75 Å². The summed E-state index contributed by atoms with van der Waals surface area (Å²) in [5.74, 6) is 6.97. The SMILES string of the molecule is COc1ccc(C#Cc2nccc3occc23)cc1. The molecule has 0 aliphatic heterocycles. The van der Waals surface area contributed by atoms with Crippen molar-refractivity contribution in [3.05, 3.63) is 60.1 Å². The van der Waals surface area contributed by atoms with E-state index < -0.39 is 0 Å². The van der Waals surface area contributed by atoms with Gasteiger partial charge in [0.05, 0.1) is 18.8 Å². The number of hydrogen-bond donors (Lipinski definition) is 0. The Labute approximate surface area is 110 Å². The maximum atomic E-state index is 5.32. The predicted molar refractivity (Wildman–Crippen MR) is 73.0 cm³/mol. The van der Waals surface area contributed by atoms with E-state index in [0.717, 1.165) is 28.0 Å². The third-order valence-electron chi connectivity index (χ3n) is 2.80. The molecule has 3 rings (SSSR count). The highest BCUT2D eigenvalue weighted by Gasteiger charge is 2.01. The molecule has 2 aromatic heterocycles. The van der Waals surface area contributed by atoms with Crippen molar-refractivity contribution in [1.82, 2.24) is 4.98 Å². The van der Waals surface area contributed by atoms with Crippen molar-refractivity contribution in [3.63, 3.8) is 0 Å². The van der Waals surface area contributed by atoms with Crippen LogP contribution in [-0.4, -0.2) is 12.1 Å². The smallest absolute Gasteiger partial charge is 0.138 e. The zero-order valence-electron chi connectivity index (χ0n) is 10.4. The Morgan fingerprint density at radius 2 is 1.89 bits per heavy atom. The van der Waals surface area contributed by atoms with Crippen LogP contribution in [0.1, 0.15) is 11.3 Å². The number of ether oxygens (including phenoxy) is 1. The number of methoxy groups -OCH3 is 1. The van der Waals surface area contributed by atoms with E-state index in [1.54, 1.807) is 19.6 Å². The molecular weight excluding hydrogens is 238 g/mol. The maximum absolute atomic E-state index is 5.32. The number of fused-ring (bicyclic) bond motifs is 1. The number of benzene rings is 1. The fourth-order valence-corrected chi connectivity index (χ4v) is 1.80. The van der Waals surface area contributed by atoms with Crippen LogP contribution in [0.4, 0.5) is 0 Å². The summed E-state index contributed by atoms with van der Waals surface area (Å²) >= 11 is 0. The van der Waals surface area contributed by atoms with Crippen LogP contribution < -0.4 is 4.74 Å². The molecule has 0 aliphatic carbocycles. The highest BCUT2D eigenvalue weighted by molar-refractivity contribution is 5.82. The minimum absolute atomic E-state index is 0.724. The van der Waals surface area contributed by atoms with Gasteiger partial charge in [0, 0.05) is 11.8 Å². The minimum atomic E-state index is 0.724. The number of nitrogens with zero attached hydrogens (tertiary/aromatic N) is 1. The molecule has 1 aromatic carbocycles. The van der Waals surface area contributed by atoms with Gasteiger partial charge in [-0.05, 0) is 42.3 Å². The van der Waals surface area contributed by atoms with Gasteiger partial charge in [-0.25, -0.2) is 4.98 Å². The second-order valence-corrected chi connectivity index (χ2v) is 3.97. The summed E-state index contributed by atoms with van der Waals surface area (Å²) in [6, 6.07) is 11.3. The Balaban J connectivity index is 1.96. The average molecular weight is 249 g/mol. The molecular formula is C16H11NO2. The zero-order chi connectivity index (χ0) is 13.1. The van der Waals surface area contributed by atoms with Crippen molar-refractivity contribution in [1.29, 1.82) is 0 Å². The molecule has 0 amide bonds. The molecule has 19 heavy (non-hydrogen) atoms. The molecule has 0 fully saturated rings. The molecule has 92 valence electrons. The third kappa shape index (κ3) is 2.29. The summed E-state index contributed by atoms with van der Waals surface area (Å²) in [6.07, 6.45) is 3.34. The molecule has 3 heteroatoms. The van der Waals surface area contributed by atoms with Crippen LogP contribution in [0, 0.1) is 11.8 Å². The molecule has 3 aromatic rings. The van der Waals surface area contributed by atoms with Gasteiger partial charge < -0.3 is 9.15 Å². The van der Waals surface area contributed by atoms with Gasteiger partial charge in [0.25, 0.3) is 0 Å². The summed E-state index contributed by atoms with van der Waals surface area (Å²) in [5.41, 5.74) is 2.44. The first kappa shape index (κ1) is 11.4. The van der Waals surface area contributed by atoms with Gasteiger partial charge in [-0.3, -0.25) is 0 Å². The number of aromatic nitrogens is 1. The first-order valence-corrected chi connectivity index (χ1v) is 5.85. The Bertz CT molecular complexity index is 761. The first-order valence-electron chi connectivity index (χ1n) is 5.85. The predicted octanol–water partition coefficient (Wildman–Crippen LogP) is 3.24. The van der Waals surface area contributed by atoms with E-state index in [2.05, 4.69) is 16.8 Å². The van der Waals surface area contributed by atoms with Crippen LogP contribution >= 0.6 is 0 Å². The van der Waals surface area contributed by atoms with Crippen LogP contribution in [0.2, 0.25) is 0 Å². The Kier molecular flexibility index (Phi) is 2.91. The van der Waals surface area contributed by atoms with Crippen molar-refractivity contribution in [2.75, 3.05) is 7.11 Å². The van der Waals surface area contributed by atoms with Gasteiger partial charge in [0.15, 0.2) is 0 Å². The molecule has 3 nitrogen and oxygen atoms in total. The monoisotopic (exact) mass is 249 g/mol. The molecule has 0 unspecified atom stereocenters. The summed E-state index contributed by atoms with van der Waals surface area (Å²) < 4.78 is 10.4. The second-order valence-electron chi connectivity index (χ2n) is 3.97. The van der Waals surface area contributed by atoms with Crippen LogP contribution in [0.3, 0.4) is 0 Å². The zero-order valence-corrected chi connectivity index (χ0v) is 10.4. The topological polar surface area (TPSA) is 35.3 Å². The van der Waals surface area contributed by atoms with E-state index in [-0.39, 0.29) is 0 Å². The normalized spacial score (nSPS) is 9.95. The molecule has 0 saturated carbocycles.